The molecule has 9 heteroatoms. The van der Waals surface area contributed by atoms with E-state index in [-0.39, 0.29) is 23.0 Å². The van der Waals surface area contributed by atoms with Gasteiger partial charge >= 0.3 is 5.97 Å². The van der Waals surface area contributed by atoms with Crippen LogP contribution in [-0.2, 0) is 21.4 Å². The highest BCUT2D eigenvalue weighted by atomic mass is 32.1. The van der Waals surface area contributed by atoms with Gasteiger partial charge in [0.2, 0.25) is 0 Å². The summed E-state index contributed by atoms with van der Waals surface area (Å²) < 4.78 is 6.02. The molecule has 2 aromatic carbocycles. The van der Waals surface area contributed by atoms with Gasteiger partial charge < -0.3 is 15.2 Å². The number of rotatable bonds is 13. The number of amides is 1. The smallest absolute Gasteiger partial charge is 0.306 e. The van der Waals surface area contributed by atoms with Crippen molar-refractivity contribution in [2.45, 2.75) is 90.0 Å². The number of aromatic nitrogens is 2. The highest BCUT2D eigenvalue weighted by Gasteiger charge is 2.41. The Morgan fingerprint density at radius 3 is 2.14 bits per heavy atom. The van der Waals surface area contributed by atoms with Crippen LogP contribution < -0.4 is 10.1 Å². The normalized spacial score (nSPS) is 18.5. The molecule has 2 heterocycles. The van der Waals surface area contributed by atoms with E-state index in [0.717, 1.165) is 51.8 Å². The van der Waals surface area contributed by atoms with Crippen LogP contribution in [-0.4, -0.2) is 45.4 Å². The molecule has 0 spiro atoms. The summed E-state index contributed by atoms with van der Waals surface area (Å²) in [5.74, 6) is 0.0916. The average molecular weight is 694 g/mol. The number of nitrogens with one attached hydrogen (secondary N) is 1. The first-order valence-electron chi connectivity index (χ1n) is 17.9. The molecule has 0 unspecified atom stereocenters. The number of thiophene rings is 1. The first-order valence-corrected chi connectivity index (χ1v) is 18.7. The Hall–Kier alpha value is -4.37. The summed E-state index contributed by atoms with van der Waals surface area (Å²) in [6.45, 7) is 7.05. The minimum atomic E-state index is -0.878. The van der Waals surface area contributed by atoms with Gasteiger partial charge in [0.25, 0.3) is 5.91 Å². The molecule has 4 aromatic rings. The number of ketones is 1. The van der Waals surface area contributed by atoms with Gasteiger partial charge in [-0.3, -0.25) is 14.4 Å². The topological polar surface area (TPSA) is 118 Å². The molecule has 1 amide bonds. The third kappa shape index (κ3) is 8.85. The molecular weight excluding hydrogens is 647 g/mol. The number of Topliss-reactive ketones (excluding diaryl/α,β-unsaturated/α-hetero) is 1. The quantitative estimate of drug-likeness (QED) is 0.144. The molecule has 2 N–H and O–H groups in total. The van der Waals surface area contributed by atoms with Crippen molar-refractivity contribution in [2.75, 3.05) is 6.61 Å². The Labute approximate surface area is 298 Å². The van der Waals surface area contributed by atoms with Gasteiger partial charge in [0.1, 0.15) is 5.75 Å². The highest BCUT2D eigenvalue weighted by Crippen LogP contribution is 2.36. The number of nitrogens with zero attached hydrogens (tertiary/aromatic N) is 2. The lowest BCUT2D eigenvalue weighted by Gasteiger charge is -2.33. The van der Waals surface area contributed by atoms with E-state index in [2.05, 4.69) is 36.1 Å². The van der Waals surface area contributed by atoms with Crippen LogP contribution in [0.4, 0.5) is 0 Å². The van der Waals surface area contributed by atoms with Gasteiger partial charge in [-0.15, -0.1) is 11.3 Å². The Bertz CT molecular complexity index is 1760. The predicted molar refractivity (Wildman–Crippen MR) is 196 cm³/mol. The number of hydrogen-bond donors (Lipinski definition) is 2. The third-order valence-electron chi connectivity index (χ3n) is 10.1. The molecule has 0 aliphatic heterocycles. The van der Waals surface area contributed by atoms with Crippen molar-refractivity contribution in [2.24, 2.45) is 17.8 Å². The molecule has 262 valence electrons. The molecule has 2 fully saturated rings. The van der Waals surface area contributed by atoms with Crippen molar-refractivity contribution in [1.29, 1.82) is 0 Å². The fraction of sp³-hybridized carbons (Fsp3) is 0.439. The first-order chi connectivity index (χ1) is 24.0. The molecule has 6 rings (SSSR count). The van der Waals surface area contributed by atoms with Crippen LogP contribution in [0, 0.1) is 17.8 Å². The summed E-state index contributed by atoms with van der Waals surface area (Å²) in [6, 6.07) is 18.8. The van der Waals surface area contributed by atoms with E-state index in [1.807, 2.05) is 67.0 Å². The van der Waals surface area contributed by atoms with Crippen LogP contribution in [0.15, 0.2) is 73.1 Å². The van der Waals surface area contributed by atoms with Gasteiger partial charge in [0, 0.05) is 34.3 Å². The predicted octanol–water partition coefficient (Wildman–Crippen LogP) is 8.54. The molecule has 2 aliphatic rings. The SMILES string of the molecule is CC(C)(C)c1ccc(C(=O)N[C@@H](Cc2ccc(-c3ncc(-c4ccc(OCCC5CCCCC5)cc4)cn3)cc2)C(=O)C2CC(C(=O)O)C2)s1. The monoisotopic (exact) mass is 693 g/mol. The van der Waals surface area contributed by atoms with Crippen LogP contribution in [0.25, 0.3) is 22.5 Å². The van der Waals surface area contributed by atoms with Crippen molar-refractivity contribution in [3.8, 4) is 28.3 Å². The third-order valence-corrected chi connectivity index (χ3v) is 11.6. The summed E-state index contributed by atoms with van der Waals surface area (Å²) in [7, 11) is 0. The fourth-order valence-corrected chi connectivity index (χ4v) is 7.83. The number of ether oxygens (including phenoxy) is 1. The van der Waals surface area contributed by atoms with Gasteiger partial charge in [-0.05, 0) is 72.4 Å². The summed E-state index contributed by atoms with van der Waals surface area (Å²) in [5.41, 5.74) is 3.56. The molecule has 2 aromatic heterocycles. The first kappa shape index (κ1) is 35.5. The Kier molecular flexibility index (Phi) is 11.1. The number of carboxylic acids is 1. The summed E-state index contributed by atoms with van der Waals surface area (Å²) in [5, 5.41) is 12.3. The van der Waals surface area contributed by atoms with Crippen LogP contribution in [0.3, 0.4) is 0 Å². The maximum atomic E-state index is 13.6. The minimum Gasteiger partial charge on any atom is -0.494 e. The molecule has 2 aliphatic carbocycles. The standard InChI is InChI=1S/C41H47N3O5S/c1-41(2,3)36-18-17-35(50-36)39(46)44-34(37(45)30-22-31(23-30)40(47)48)21-27-9-11-29(12-10-27)38-42-24-32(25-43-38)28-13-15-33(16-14-28)49-20-19-26-7-5-4-6-8-26/h9-18,24-26,30-31,34H,4-8,19-23H2,1-3H3,(H,44,46)(H,47,48)/t30?,31?,34-/m0/s1. The van der Waals surface area contributed by atoms with E-state index in [4.69, 9.17) is 4.74 Å². The Morgan fingerprint density at radius 1 is 0.860 bits per heavy atom. The van der Waals surface area contributed by atoms with Crippen LogP contribution in [0.5, 0.6) is 5.75 Å². The lowest BCUT2D eigenvalue weighted by molar-refractivity contribution is -0.148. The van der Waals surface area contributed by atoms with Crippen LogP contribution in [0.1, 0.15) is 92.3 Å². The minimum absolute atomic E-state index is 0.0871. The number of benzene rings is 2. The van der Waals surface area contributed by atoms with Crippen molar-refractivity contribution >= 4 is 29.0 Å². The van der Waals surface area contributed by atoms with E-state index in [1.54, 1.807) is 6.07 Å². The van der Waals surface area contributed by atoms with Gasteiger partial charge in [-0.1, -0.05) is 89.3 Å². The van der Waals surface area contributed by atoms with E-state index in [9.17, 15) is 19.5 Å². The zero-order valence-electron chi connectivity index (χ0n) is 29.2. The highest BCUT2D eigenvalue weighted by molar-refractivity contribution is 7.14. The van der Waals surface area contributed by atoms with Crippen molar-refractivity contribution in [3.05, 3.63) is 88.4 Å². The molecule has 0 radical (unpaired) electrons. The zero-order chi connectivity index (χ0) is 35.3. The summed E-state index contributed by atoms with van der Waals surface area (Å²) in [6.07, 6.45) is 12.4. The maximum absolute atomic E-state index is 13.6. The summed E-state index contributed by atoms with van der Waals surface area (Å²) >= 11 is 1.43. The molecule has 2 saturated carbocycles. The second-order valence-corrected chi connectivity index (χ2v) is 16.0. The fourth-order valence-electron chi connectivity index (χ4n) is 6.87. The van der Waals surface area contributed by atoms with Crippen molar-refractivity contribution in [1.82, 2.24) is 15.3 Å². The zero-order valence-corrected chi connectivity index (χ0v) is 30.0. The van der Waals surface area contributed by atoms with Crippen LogP contribution >= 0.6 is 11.3 Å². The Morgan fingerprint density at radius 2 is 1.52 bits per heavy atom. The number of hydrogen-bond acceptors (Lipinski definition) is 7. The van der Waals surface area contributed by atoms with E-state index in [0.29, 0.717) is 30.0 Å². The van der Waals surface area contributed by atoms with Gasteiger partial charge in [0.15, 0.2) is 11.6 Å². The second kappa shape index (κ2) is 15.7. The molecule has 50 heavy (non-hydrogen) atoms. The van der Waals surface area contributed by atoms with Gasteiger partial charge in [-0.25, -0.2) is 9.97 Å². The van der Waals surface area contributed by atoms with Crippen molar-refractivity contribution < 1.29 is 24.2 Å². The Balaban J connectivity index is 1.08. The number of aliphatic carboxylic acids is 1. The van der Waals surface area contributed by atoms with Crippen LogP contribution in [0.2, 0.25) is 0 Å². The maximum Gasteiger partial charge on any atom is 0.306 e. The summed E-state index contributed by atoms with van der Waals surface area (Å²) in [4.78, 5) is 49.1. The molecule has 8 nitrogen and oxygen atoms in total. The number of carboxylic acid groups (broad SMARTS) is 1. The van der Waals surface area contributed by atoms with Gasteiger partial charge in [0.05, 0.1) is 23.4 Å². The molecule has 1 atom stereocenters. The van der Waals surface area contributed by atoms with Gasteiger partial charge in [-0.2, -0.15) is 0 Å². The molecular formula is C41H47N3O5S. The molecule has 0 bridgehead atoms. The van der Waals surface area contributed by atoms with Crippen molar-refractivity contribution in [3.63, 3.8) is 0 Å². The van der Waals surface area contributed by atoms with E-state index >= 15 is 0 Å². The largest absolute Gasteiger partial charge is 0.494 e. The van der Waals surface area contributed by atoms with E-state index in [1.165, 1.54) is 43.4 Å². The lowest BCUT2D eigenvalue weighted by Crippen LogP contribution is -2.48. The van der Waals surface area contributed by atoms with E-state index < -0.39 is 17.9 Å². The molecule has 0 saturated heterocycles. The number of carbonyl (C=O) groups is 3. The second-order valence-electron chi connectivity index (χ2n) is 14.9. The lowest BCUT2D eigenvalue weighted by atomic mass is 9.71. The average Bonchev–Trinajstić information content (AvgIpc) is 3.60. The number of carbonyl (C=O) groups excluding carboxylic acids is 2.